The smallest absolute Gasteiger partial charge is 0.0997 e. The maximum Gasteiger partial charge on any atom is 0.0997 e. The molecule has 0 saturated carbocycles. The van der Waals surface area contributed by atoms with Gasteiger partial charge in [0.25, 0.3) is 0 Å². The standard InChI is InChI=1S/C22H27N/c1-11-12(2)16(6)21(17(7)13(11)3)22-18(8)14(4)20(10-23)15(5)19(22)9/h1-9H3. The minimum atomic E-state index is 0.833. The van der Waals surface area contributed by atoms with Crippen molar-refractivity contribution in [3.63, 3.8) is 0 Å². The highest BCUT2D eigenvalue weighted by atomic mass is 14.3. The van der Waals surface area contributed by atoms with Crippen molar-refractivity contribution < 1.29 is 0 Å². The van der Waals surface area contributed by atoms with E-state index in [1.165, 1.54) is 50.1 Å². The van der Waals surface area contributed by atoms with Crippen molar-refractivity contribution in [1.82, 2.24) is 0 Å². The van der Waals surface area contributed by atoms with Gasteiger partial charge >= 0.3 is 0 Å². The molecule has 0 amide bonds. The second-order valence-electron chi connectivity index (χ2n) is 6.86. The minimum Gasteiger partial charge on any atom is -0.192 e. The van der Waals surface area contributed by atoms with Crippen LogP contribution in [0.3, 0.4) is 0 Å². The minimum absolute atomic E-state index is 0.833. The lowest BCUT2D eigenvalue weighted by Crippen LogP contribution is -2.05. The third kappa shape index (κ3) is 2.38. The first-order chi connectivity index (χ1) is 10.6. The Balaban J connectivity index is 3.05. The molecule has 0 atom stereocenters. The maximum absolute atomic E-state index is 9.49. The van der Waals surface area contributed by atoms with Crippen molar-refractivity contribution in [2.75, 3.05) is 0 Å². The second-order valence-corrected chi connectivity index (χ2v) is 6.86. The van der Waals surface area contributed by atoms with Gasteiger partial charge in [0, 0.05) is 0 Å². The van der Waals surface area contributed by atoms with E-state index in [2.05, 4.69) is 68.4 Å². The highest BCUT2D eigenvalue weighted by Crippen LogP contribution is 2.40. The molecule has 1 heteroatoms. The summed E-state index contributed by atoms with van der Waals surface area (Å²) in [6, 6.07) is 2.38. The fourth-order valence-electron chi connectivity index (χ4n) is 3.73. The molecule has 2 aromatic carbocycles. The average Bonchev–Trinajstić information content (AvgIpc) is 2.53. The molecule has 0 saturated heterocycles. The van der Waals surface area contributed by atoms with E-state index >= 15 is 0 Å². The fraction of sp³-hybridized carbons (Fsp3) is 0.409. The van der Waals surface area contributed by atoms with Crippen molar-refractivity contribution in [3.05, 3.63) is 55.6 Å². The third-order valence-corrected chi connectivity index (χ3v) is 5.99. The lowest BCUT2D eigenvalue weighted by Gasteiger charge is -2.24. The van der Waals surface area contributed by atoms with E-state index in [1.807, 2.05) is 0 Å². The molecule has 0 aliphatic heterocycles. The van der Waals surface area contributed by atoms with Gasteiger partial charge in [-0.1, -0.05) is 0 Å². The Morgan fingerprint density at radius 2 is 0.696 bits per heavy atom. The summed E-state index contributed by atoms with van der Waals surface area (Å²) < 4.78 is 0. The van der Waals surface area contributed by atoms with Crippen molar-refractivity contribution in [1.29, 1.82) is 5.26 Å². The van der Waals surface area contributed by atoms with Crippen molar-refractivity contribution in [2.45, 2.75) is 62.3 Å². The molecule has 120 valence electrons. The van der Waals surface area contributed by atoms with E-state index in [4.69, 9.17) is 0 Å². The van der Waals surface area contributed by atoms with Crippen molar-refractivity contribution in [2.24, 2.45) is 0 Å². The monoisotopic (exact) mass is 305 g/mol. The van der Waals surface area contributed by atoms with Crippen LogP contribution < -0.4 is 0 Å². The molecule has 0 fully saturated rings. The molecular formula is C22H27N. The van der Waals surface area contributed by atoms with E-state index in [0.29, 0.717) is 0 Å². The second kappa shape index (κ2) is 5.85. The van der Waals surface area contributed by atoms with Crippen LogP contribution in [0.15, 0.2) is 0 Å². The van der Waals surface area contributed by atoms with Gasteiger partial charge in [0.2, 0.25) is 0 Å². The number of hydrogen-bond acceptors (Lipinski definition) is 1. The first kappa shape index (κ1) is 17.3. The zero-order chi connectivity index (χ0) is 17.6. The topological polar surface area (TPSA) is 23.8 Å². The summed E-state index contributed by atoms with van der Waals surface area (Å²) in [5.74, 6) is 0. The van der Waals surface area contributed by atoms with Gasteiger partial charge in [0.1, 0.15) is 0 Å². The van der Waals surface area contributed by atoms with Gasteiger partial charge in [-0.2, -0.15) is 5.26 Å². The lowest BCUT2D eigenvalue weighted by atomic mass is 9.80. The van der Waals surface area contributed by atoms with Gasteiger partial charge in [-0.25, -0.2) is 0 Å². The average molecular weight is 305 g/mol. The fourth-order valence-corrected chi connectivity index (χ4v) is 3.73. The Morgan fingerprint density at radius 3 is 1.00 bits per heavy atom. The highest BCUT2D eigenvalue weighted by Gasteiger charge is 2.21. The van der Waals surface area contributed by atoms with Crippen LogP contribution in [0.5, 0.6) is 0 Å². The molecule has 1 nitrogen and oxygen atoms in total. The Bertz CT molecular complexity index is 803. The van der Waals surface area contributed by atoms with Crippen LogP contribution in [-0.4, -0.2) is 0 Å². The SMILES string of the molecule is Cc1c(C)c(C)c(-c2c(C)c(C)c(C#N)c(C)c2C)c(C)c1C. The first-order valence-corrected chi connectivity index (χ1v) is 8.22. The molecule has 0 spiro atoms. The summed E-state index contributed by atoms with van der Waals surface area (Å²) >= 11 is 0. The summed E-state index contributed by atoms with van der Waals surface area (Å²) in [5.41, 5.74) is 15.1. The van der Waals surface area contributed by atoms with Crippen LogP contribution in [-0.2, 0) is 0 Å². The highest BCUT2D eigenvalue weighted by molar-refractivity contribution is 5.82. The summed E-state index contributed by atoms with van der Waals surface area (Å²) in [6.07, 6.45) is 0. The Morgan fingerprint density at radius 1 is 0.435 bits per heavy atom. The zero-order valence-corrected chi connectivity index (χ0v) is 15.9. The molecule has 0 aliphatic rings. The molecule has 0 aromatic heterocycles. The molecule has 0 heterocycles. The molecule has 2 aromatic rings. The van der Waals surface area contributed by atoms with Gasteiger partial charge in [0.05, 0.1) is 11.6 Å². The molecule has 23 heavy (non-hydrogen) atoms. The van der Waals surface area contributed by atoms with Gasteiger partial charge in [0.15, 0.2) is 0 Å². The van der Waals surface area contributed by atoms with Crippen LogP contribution in [0, 0.1) is 73.6 Å². The molecule has 0 bridgehead atoms. The van der Waals surface area contributed by atoms with E-state index in [0.717, 1.165) is 16.7 Å². The molecular weight excluding hydrogens is 278 g/mol. The third-order valence-electron chi connectivity index (χ3n) is 5.99. The van der Waals surface area contributed by atoms with Crippen molar-refractivity contribution in [3.8, 4) is 17.2 Å². The van der Waals surface area contributed by atoms with Crippen LogP contribution >= 0.6 is 0 Å². The van der Waals surface area contributed by atoms with E-state index in [-0.39, 0.29) is 0 Å². The number of hydrogen-bond donors (Lipinski definition) is 0. The predicted molar refractivity (Wildman–Crippen MR) is 99.2 cm³/mol. The van der Waals surface area contributed by atoms with Gasteiger partial charge in [-0.15, -0.1) is 0 Å². The maximum atomic E-state index is 9.49. The predicted octanol–water partition coefficient (Wildman–Crippen LogP) is 6.00. The molecule has 0 radical (unpaired) electrons. The van der Waals surface area contributed by atoms with Crippen LogP contribution in [0.25, 0.3) is 11.1 Å². The van der Waals surface area contributed by atoms with Crippen LogP contribution in [0.4, 0.5) is 0 Å². The Hall–Kier alpha value is -2.07. The summed E-state index contributed by atoms with van der Waals surface area (Å²) in [7, 11) is 0. The van der Waals surface area contributed by atoms with Crippen molar-refractivity contribution >= 4 is 0 Å². The van der Waals surface area contributed by atoms with E-state index in [9.17, 15) is 5.26 Å². The zero-order valence-electron chi connectivity index (χ0n) is 15.9. The number of nitriles is 1. The summed E-state index contributed by atoms with van der Waals surface area (Å²) in [5, 5.41) is 9.49. The largest absolute Gasteiger partial charge is 0.192 e. The normalized spacial score (nSPS) is 10.8. The molecule has 0 unspecified atom stereocenters. The number of rotatable bonds is 1. The Kier molecular flexibility index (Phi) is 4.40. The van der Waals surface area contributed by atoms with E-state index < -0.39 is 0 Å². The van der Waals surface area contributed by atoms with Gasteiger partial charge in [-0.3, -0.25) is 0 Å². The summed E-state index contributed by atoms with van der Waals surface area (Å²) in [4.78, 5) is 0. The molecule has 0 aliphatic carbocycles. The molecule has 2 rings (SSSR count). The first-order valence-electron chi connectivity index (χ1n) is 8.22. The number of benzene rings is 2. The van der Waals surface area contributed by atoms with Crippen LogP contribution in [0.1, 0.15) is 55.6 Å². The number of nitrogens with zero attached hydrogens (tertiary/aromatic N) is 1. The van der Waals surface area contributed by atoms with E-state index in [1.54, 1.807) is 0 Å². The Labute approximate surface area is 141 Å². The quantitative estimate of drug-likeness (QED) is 0.633. The van der Waals surface area contributed by atoms with Gasteiger partial charge in [-0.05, 0) is 124 Å². The van der Waals surface area contributed by atoms with Gasteiger partial charge < -0.3 is 0 Å². The lowest BCUT2D eigenvalue weighted by molar-refractivity contribution is 1.16. The van der Waals surface area contributed by atoms with Crippen LogP contribution in [0.2, 0.25) is 0 Å². The molecule has 0 N–H and O–H groups in total. The summed E-state index contributed by atoms with van der Waals surface area (Å²) in [6.45, 7) is 19.6.